The average molecular weight is 247 g/mol. The number of ether oxygens (including phenoxy) is 2. The van der Waals surface area contributed by atoms with E-state index >= 15 is 0 Å². The molecule has 0 saturated carbocycles. The molecule has 0 aliphatic rings. The monoisotopic (exact) mass is 247 g/mol. The van der Waals surface area contributed by atoms with Crippen LogP contribution in [0.5, 0.6) is 5.75 Å². The summed E-state index contributed by atoms with van der Waals surface area (Å²) in [7, 11) is 1.09. The van der Waals surface area contributed by atoms with Gasteiger partial charge in [-0.05, 0) is 6.07 Å². The minimum absolute atomic E-state index is 0.117. The van der Waals surface area contributed by atoms with Gasteiger partial charge in [0.2, 0.25) is 5.75 Å². The first-order chi connectivity index (χ1) is 7.95. The zero-order valence-electron chi connectivity index (χ0n) is 8.55. The molecule has 0 aromatic heterocycles. The molecule has 0 N–H and O–H groups in total. The SMILES string of the molecule is COC(=O)c1ccc([N+](=O)[O-])c(OC(F)F)c1. The Balaban J connectivity index is 3.18. The zero-order chi connectivity index (χ0) is 13.0. The van der Waals surface area contributed by atoms with Crippen LogP contribution in [0.15, 0.2) is 18.2 Å². The minimum Gasteiger partial charge on any atom is -0.465 e. The Kier molecular flexibility index (Phi) is 3.91. The summed E-state index contributed by atoms with van der Waals surface area (Å²) in [5.74, 6) is -1.49. The lowest BCUT2D eigenvalue weighted by Crippen LogP contribution is -2.07. The smallest absolute Gasteiger partial charge is 0.387 e. The molecule has 0 aliphatic heterocycles. The molecule has 1 rings (SSSR count). The van der Waals surface area contributed by atoms with Gasteiger partial charge in [-0.25, -0.2) is 4.79 Å². The van der Waals surface area contributed by atoms with Crippen molar-refractivity contribution in [3.05, 3.63) is 33.9 Å². The summed E-state index contributed by atoms with van der Waals surface area (Å²) in [6.07, 6.45) is 0. The number of carbonyl (C=O) groups excluding carboxylic acids is 1. The molecule has 0 atom stereocenters. The highest BCUT2D eigenvalue weighted by atomic mass is 19.3. The standard InChI is InChI=1S/C9H7F2NO5/c1-16-8(13)5-2-3-6(12(14)15)7(4-5)17-9(10)11/h2-4,9H,1H3. The molecule has 6 nitrogen and oxygen atoms in total. The van der Waals surface area contributed by atoms with E-state index < -0.39 is 28.9 Å². The van der Waals surface area contributed by atoms with Crippen molar-refractivity contribution >= 4 is 11.7 Å². The highest BCUT2D eigenvalue weighted by molar-refractivity contribution is 5.90. The molecule has 92 valence electrons. The number of alkyl halides is 2. The van der Waals surface area contributed by atoms with E-state index in [1.807, 2.05) is 0 Å². The molecule has 1 aromatic carbocycles. The molecule has 0 fully saturated rings. The summed E-state index contributed by atoms with van der Waals surface area (Å²) < 4.78 is 32.3. The van der Waals surface area contributed by atoms with Crippen molar-refractivity contribution in [2.45, 2.75) is 6.61 Å². The van der Waals surface area contributed by atoms with Gasteiger partial charge in [-0.2, -0.15) is 8.78 Å². The van der Waals surface area contributed by atoms with Gasteiger partial charge in [-0.1, -0.05) is 0 Å². The maximum atomic E-state index is 12.0. The number of hydrogen-bond donors (Lipinski definition) is 0. The van der Waals surface area contributed by atoms with Crippen molar-refractivity contribution in [3.8, 4) is 5.75 Å². The van der Waals surface area contributed by atoms with Crippen LogP contribution in [0.25, 0.3) is 0 Å². The van der Waals surface area contributed by atoms with Crippen LogP contribution in [0.2, 0.25) is 0 Å². The quantitative estimate of drug-likeness (QED) is 0.461. The second-order valence-electron chi connectivity index (χ2n) is 2.81. The number of carbonyl (C=O) groups is 1. The lowest BCUT2D eigenvalue weighted by molar-refractivity contribution is -0.386. The summed E-state index contributed by atoms with van der Waals surface area (Å²) in [4.78, 5) is 20.7. The maximum Gasteiger partial charge on any atom is 0.387 e. The van der Waals surface area contributed by atoms with Gasteiger partial charge in [0.1, 0.15) is 0 Å². The van der Waals surface area contributed by atoms with E-state index in [9.17, 15) is 23.7 Å². The number of methoxy groups -OCH3 is 1. The molecule has 8 heteroatoms. The Morgan fingerprint density at radius 3 is 2.59 bits per heavy atom. The molecule has 0 amide bonds. The van der Waals surface area contributed by atoms with E-state index in [0.717, 1.165) is 25.3 Å². The Morgan fingerprint density at radius 2 is 2.12 bits per heavy atom. The Labute approximate surface area is 93.9 Å². The molecule has 0 radical (unpaired) electrons. The predicted octanol–water partition coefficient (Wildman–Crippen LogP) is 1.98. The van der Waals surface area contributed by atoms with Crippen molar-refractivity contribution in [2.24, 2.45) is 0 Å². The van der Waals surface area contributed by atoms with E-state index in [1.54, 1.807) is 0 Å². The predicted molar refractivity (Wildman–Crippen MR) is 51.1 cm³/mol. The van der Waals surface area contributed by atoms with Crippen LogP contribution in [0.1, 0.15) is 10.4 Å². The summed E-state index contributed by atoms with van der Waals surface area (Å²) >= 11 is 0. The van der Waals surface area contributed by atoms with Crippen LogP contribution in [-0.4, -0.2) is 24.6 Å². The first-order valence-electron chi connectivity index (χ1n) is 4.27. The number of halogens is 2. The number of nitrogens with zero attached hydrogens (tertiary/aromatic N) is 1. The van der Waals surface area contributed by atoms with Crippen LogP contribution in [0.4, 0.5) is 14.5 Å². The maximum absolute atomic E-state index is 12.0. The van der Waals surface area contributed by atoms with Crippen molar-refractivity contribution < 1.29 is 28.0 Å². The fraction of sp³-hybridized carbons (Fsp3) is 0.222. The van der Waals surface area contributed by atoms with E-state index in [4.69, 9.17) is 0 Å². The Hall–Kier alpha value is -2.25. The van der Waals surface area contributed by atoms with Crippen molar-refractivity contribution in [2.75, 3.05) is 7.11 Å². The second-order valence-corrected chi connectivity index (χ2v) is 2.81. The van der Waals surface area contributed by atoms with Crippen LogP contribution in [0, 0.1) is 10.1 Å². The van der Waals surface area contributed by atoms with Crippen LogP contribution in [-0.2, 0) is 4.74 Å². The third kappa shape index (κ3) is 3.10. The summed E-state index contributed by atoms with van der Waals surface area (Å²) in [5.41, 5.74) is -0.772. The van der Waals surface area contributed by atoms with Crippen LogP contribution in [0.3, 0.4) is 0 Å². The lowest BCUT2D eigenvalue weighted by Gasteiger charge is -2.06. The Morgan fingerprint density at radius 1 is 1.47 bits per heavy atom. The molecule has 0 heterocycles. The van der Waals surface area contributed by atoms with Gasteiger partial charge in [-0.15, -0.1) is 0 Å². The molecular weight excluding hydrogens is 240 g/mol. The van der Waals surface area contributed by atoms with Crippen molar-refractivity contribution in [1.82, 2.24) is 0 Å². The number of rotatable bonds is 4. The lowest BCUT2D eigenvalue weighted by atomic mass is 10.2. The Bertz CT molecular complexity index is 449. The highest BCUT2D eigenvalue weighted by Crippen LogP contribution is 2.29. The molecule has 0 bridgehead atoms. The van der Waals surface area contributed by atoms with Gasteiger partial charge in [0.25, 0.3) is 0 Å². The van der Waals surface area contributed by atoms with Gasteiger partial charge in [0.05, 0.1) is 17.6 Å². The second kappa shape index (κ2) is 5.19. The summed E-state index contributed by atoms with van der Waals surface area (Å²) in [5, 5.41) is 10.5. The third-order valence-electron chi connectivity index (χ3n) is 1.79. The van der Waals surface area contributed by atoms with Gasteiger partial charge in [0.15, 0.2) is 0 Å². The first kappa shape index (κ1) is 12.8. The molecule has 17 heavy (non-hydrogen) atoms. The fourth-order valence-corrected chi connectivity index (χ4v) is 1.10. The van der Waals surface area contributed by atoms with E-state index in [2.05, 4.69) is 9.47 Å². The van der Waals surface area contributed by atoms with E-state index in [0.29, 0.717) is 0 Å². The number of nitro benzene ring substituents is 1. The molecule has 0 saturated heterocycles. The number of hydrogen-bond acceptors (Lipinski definition) is 5. The van der Waals surface area contributed by atoms with Crippen LogP contribution >= 0.6 is 0 Å². The summed E-state index contributed by atoms with van der Waals surface area (Å²) in [6.45, 7) is -3.22. The zero-order valence-corrected chi connectivity index (χ0v) is 8.55. The molecule has 0 spiro atoms. The molecule has 0 aliphatic carbocycles. The van der Waals surface area contributed by atoms with Crippen molar-refractivity contribution in [1.29, 1.82) is 0 Å². The van der Waals surface area contributed by atoms with Gasteiger partial charge in [0, 0.05) is 12.1 Å². The van der Waals surface area contributed by atoms with Crippen LogP contribution < -0.4 is 4.74 Å². The van der Waals surface area contributed by atoms with Gasteiger partial charge >= 0.3 is 18.3 Å². The normalized spacial score (nSPS) is 10.1. The number of benzene rings is 1. The average Bonchev–Trinajstić information content (AvgIpc) is 2.26. The number of esters is 1. The fourth-order valence-electron chi connectivity index (χ4n) is 1.10. The first-order valence-corrected chi connectivity index (χ1v) is 4.27. The molecule has 0 unspecified atom stereocenters. The summed E-state index contributed by atoms with van der Waals surface area (Å²) in [6, 6.07) is 2.81. The molecular formula is C9H7F2NO5. The van der Waals surface area contributed by atoms with E-state index in [-0.39, 0.29) is 5.56 Å². The van der Waals surface area contributed by atoms with Gasteiger partial charge < -0.3 is 9.47 Å². The minimum atomic E-state index is -3.22. The topological polar surface area (TPSA) is 78.7 Å². The third-order valence-corrected chi connectivity index (χ3v) is 1.79. The largest absolute Gasteiger partial charge is 0.465 e. The van der Waals surface area contributed by atoms with Gasteiger partial charge in [-0.3, -0.25) is 10.1 Å². The number of nitro groups is 1. The van der Waals surface area contributed by atoms with E-state index in [1.165, 1.54) is 0 Å². The highest BCUT2D eigenvalue weighted by Gasteiger charge is 2.21. The van der Waals surface area contributed by atoms with Crippen molar-refractivity contribution in [3.63, 3.8) is 0 Å². The molecule has 1 aromatic rings.